The molecule has 6 heteroatoms. The number of sulfonamides is 1. The third-order valence-electron chi connectivity index (χ3n) is 5.46. The smallest absolute Gasteiger partial charge is 0.211 e. The lowest BCUT2D eigenvalue weighted by molar-refractivity contribution is 0.409. The van der Waals surface area contributed by atoms with Gasteiger partial charge in [0.15, 0.2) is 0 Å². The van der Waals surface area contributed by atoms with Crippen LogP contribution in [0.2, 0.25) is 0 Å². The van der Waals surface area contributed by atoms with Crippen molar-refractivity contribution in [3.63, 3.8) is 0 Å². The van der Waals surface area contributed by atoms with Crippen LogP contribution >= 0.6 is 12.4 Å². The summed E-state index contributed by atoms with van der Waals surface area (Å²) in [6, 6.07) is 17.5. The molecular formula is C22H31ClN2O2S. The molecule has 0 aromatic heterocycles. The third-order valence-corrected chi connectivity index (χ3v) is 6.99. The van der Waals surface area contributed by atoms with Crippen LogP contribution in [0.4, 0.5) is 0 Å². The summed E-state index contributed by atoms with van der Waals surface area (Å²) in [5, 5.41) is 3.50. The number of benzene rings is 2. The van der Waals surface area contributed by atoms with Crippen LogP contribution in [0, 0.1) is 0 Å². The molecule has 0 radical (unpaired) electrons. The second-order valence-corrected chi connectivity index (χ2v) is 9.33. The zero-order valence-corrected chi connectivity index (χ0v) is 18.3. The van der Waals surface area contributed by atoms with Crippen molar-refractivity contribution in [2.45, 2.75) is 51.1 Å². The molecule has 0 fully saturated rings. The molecule has 2 atom stereocenters. The van der Waals surface area contributed by atoms with E-state index in [1.807, 2.05) is 20.0 Å². The number of hydrogen-bond acceptors (Lipinski definition) is 3. The summed E-state index contributed by atoms with van der Waals surface area (Å²) < 4.78 is 26.7. The number of nitrogens with one attached hydrogen (secondary N) is 2. The molecule has 0 saturated heterocycles. The van der Waals surface area contributed by atoms with Gasteiger partial charge in [-0.25, -0.2) is 13.1 Å². The number of rotatable bonds is 8. The molecule has 0 bridgehead atoms. The van der Waals surface area contributed by atoms with E-state index in [1.54, 1.807) is 0 Å². The Labute approximate surface area is 175 Å². The SMILES string of the molecule is CCCS(=O)(=O)NCc1ccc2c(c1)C(Cc1ccccc1)C(NC)CC2.Cl. The third kappa shape index (κ3) is 5.80. The fourth-order valence-electron chi connectivity index (χ4n) is 4.06. The molecule has 4 nitrogen and oxygen atoms in total. The summed E-state index contributed by atoms with van der Waals surface area (Å²) in [6.07, 6.45) is 3.81. The van der Waals surface area contributed by atoms with E-state index in [9.17, 15) is 8.42 Å². The van der Waals surface area contributed by atoms with Gasteiger partial charge in [0.1, 0.15) is 0 Å². The molecule has 1 aliphatic carbocycles. The number of hydrogen-bond donors (Lipinski definition) is 2. The van der Waals surface area contributed by atoms with E-state index in [0.29, 0.717) is 24.9 Å². The van der Waals surface area contributed by atoms with E-state index in [4.69, 9.17) is 0 Å². The first-order valence-corrected chi connectivity index (χ1v) is 11.5. The molecule has 154 valence electrons. The van der Waals surface area contributed by atoms with Crippen molar-refractivity contribution in [1.29, 1.82) is 0 Å². The van der Waals surface area contributed by atoms with Crippen LogP contribution in [0.15, 0.2) is 48.5 Å². The minimum Gasteiger partial charge on any atom is -0.316 e. The summed E-state index contributed by atoms with van der Waals surface area (Å²) in [4.78, 5) is 0. The highest BCUT2D eigenvalue weighted by Gasteiger charge is 2.29. The minimum absolute atomic E-state index is 0. The van der Waals surface area contributed by atoms with Gasteiger partial charge in [0, 0.05) is 18.5 Å². The van der Waals surface area contributed by atoms with Crippen molar-refractivity contribution < 1.29 is 8.42 Å². The Bertz CT molecular complexity index is 856. The van der Waals surface area contributed by atoms with Crippen molar-refractivity contribution in [2.24, 2.45) is 0 Å². The summed E-state index contributed by atoms with van der Waals surface area (Å²) >= 11 is 0. The molecule has 0 spiro atoms. The Balaban J connectivity index is 0.00000280. The Morgan fingerprint density at radius 1 is 1.07 bits per heavy atom. The Morgan fingerprint density at radius 3 is 2.50 bits per heavy atom. The predicted molar refractivity (Wildman–Crippen MR) is 119 cm³/mol. The molecular weight excluding hydrogens is 392 g/mol. The maximum Gasteiger partial charge on any atom is 0.211 e. The van der Waals surface area contributed by atoms with Gasteiger partial charge in [0.05, 0.1) is 5.75 Å². The molecule has 0 saturated carbocycles. The lowest BCUT2D eigenvalue weighted by atomic mass is 9.75. The lowest BCUT2D eigenvalue weighted by Gasteiger charge is -2.34. The Morgan fingerprint density at radius 2 is 1.82 bits per heavy atom. The molecule has 2 unspecified atom stereocenters. The van der Waals surface area contributed by atoms with Crippen LogP contribution < -0.4 is 10.0 Å². The average molecular weight is 423 g/mol. The zero-order valence-electron chi connectivity index (χ0n) is 16.6. The number of fused-ring (bicyclic) bond motifs is 1. The molecule has 3 rings (SSSR count). The summed E-state index contributed by atoms with van der Waals surface area (Å²) in [5.74, 6) is 0.574. The van der Waals surface area contributed by atoms with Gasteiger partial charge in [-0.15, -0.1) is 12.4 Å². The monoisotopic (exact) mass is 422 g/mol. The first kappa shape index (κ1) is 22.9. The summed E-state index contributed by atoms with van der Waals surface area (Å²) in [6.45, 7) is 2.24. The molecule has 2 N–H and O–H groups in total. The van der Waals surface area contributed by atoms with E-state index in [-0.39, 0.29) is 18.2 Å². The maximum absolute atomic E-state index is 12.0. The van der Waals surface area contributed by atoms with Crippen molar-refractivity contribution in [3.05, 3.63) is 70.8 Å². The van der Waals surface area contributed by atoms with Crippen molar-refractivity contribution in [2.75, 3.05) is 12.8 Å². The Kier molecular flexibility index (Phi) is 8.50. The van der Waals surface area contributed by atoms with Crippen molar-refractivity contribution in [3.8, 4) is 0 Å². The highest BCUT2D eigenvalue weighted by atomic mass is 35.5. The molecule has 0 amide bonds. The van der Waals surface area contributed by atoms with Crippen LogP contribution in [0.5, 0.6) is 0 Å². The fourth-order valence-corrected chi connectivity index (χ4v) is 5.12. The Hall–Kier alpha value is -1.40. The number of likely N-dealkylation sites (N-methyl/N-ethyl adjacent to an activating group) is 1. The summed E-state index contributed by atoms with van der Waals surface area (Å²) in [5.41, 5.74) is 5.12. The zero-order chi connectivity index (χ0) is 19.3. The number of aryl methyl sites for hydroxylation is 1. The van der Waals surface area contributed by atoms with Gasteiger partial charge in [0.25, 0.3) is 0 Å². The predicted octanol–water partition coefficient (Wildman–Crippen LogP) is 3.80. The fraction of sp³-hybridized carbons (Fsp3) is 0.455. The van der Waals surface area contributed by atoms with Gasteiger partial charge in [-0.2, -0.15) is 0 Å². The van der Waals surface area contributed by atoms with Crippen LogP contribution in [-0.2, 0) is 29.4 Å². The first-order valence-electron chi connectivity index (χ1n) is 9.82. The van der Waals surface area contributed by atoms with E-state index >= 15 is 0 Å². The van der Waals surface area contributed by atoms with Gasteiger partial charge in [0.2, 0.25) is 10.0 Å². The normalized spacial score (nSPS) is 18.9. The van der Waals surface area contributed by atoms with E-state index in [0.717, 1.165) is 24.8 Å². The highest BCUT2D eigenvalue weighted by Crippen LogP contribution is 2.35. The van der Waals surface area contributed by atoms with E-state index in [2.05, 4.69) is 52.5 Å². The molecule has 28 heavy (non-hydrogen) atoms. The van der Waals surface area contributed by atoms with Gasteiger partial charge in [-0.05, 0) is 55.0 Å². The molecule has 2 aromatic carbocycles. The molecule has 0 aliphatic heterocycles. The largest absolute Gasteiger partial charge is 0.316 e. The van der Waals surface area contributed by atoms with Crippen LogP contribution in [0.1, 0.15) is 47.9 Å². The molecule has 0 heterocycles. The van der Waals surface area contributed by atoms with Crippen molar-refractivity contribution >= 4 is 22.4 Å². The number of halogens is 1. The summed E-state index contributed by atoms with van der Waals surface area (Å²) in [7, 11) is -1.15. The molecule has 2 aromatic rings. The van der Waals surface area contributed by atoms with Gasteiger partial charge >= 0.3 is 0 Å². The first-order chi connectivity index (χ1) is 13.0. The highest BCUT2D eigenvalue weighted by molar-refractivity contribution is 7.89. The molecule has 1 aliphatic rings. The van der Waals surface area contributed by atoms with E-state index < -0.39 is 10.0 Å². The van der Waals surface area contributed by atoms with Crippen LogP contribution in [-0.4, -0.2) is 27.3 Å². The van der Waals surface area contributed by atoms with E-state index in [1.165, 1.54) is 16.7 Å². The van der Waals surface area contributed by atoms with Gasteiger partial charge < -0.3 is 5.32 Å². The van der Waals surface area contributed by atoms with Crippen molar-refractivity contribution in [1.82, 2.24) is 10.0 Å². The second kappa shape index (κ2) is 10.4. The topological polar surface area (TPSA) is 58.2 Å². The van der Waals surface area contributed by atoms with Crippen LogP contribution in [0.3, 0.4) is 0 Å². The minimum atomic E-state index is -3.19. The maximum atomic E-state index is 12.0. The quantitative estimate of drug-likeness (QED) is 0.680. The standard InChI is InChI=1S/C22H30N2O2S.ClH/c1-3-13-27(25,26)24-16-18-9-10-19-11-12-22(23-2)21(20(19)15-18)14-17-7-5-4-6-8-17;/h4-10,15,21-24H,3,11-14,16H2,1-2H3;1H. The second-order valence-electron chi connectivity index (χ2n) is 7.40. The van der Waals surface area contributed by atoms with Gasteiger partial charge in [-0.1, -0.05) is 55.5 Å². The lowest BCUT2D eigenvalue weighted by Crippen LogP contribution is -2.37. The van der Waals surface area contributed by atoms with Crippen LogP contribution in [0.25, 0.3) is 0 Å². The van der Waals surface area contributed by atoms with Gasteiger partial charge in [-0.3, -0.25) is 0 Å². The average Bonchev–Trinajstić information content (AvgIpc) is 2.67.